The van der Waals surface area contributed by atoms with E-state index in [-0.39, 0.29) is 11.4 Å². The smallest absolute Gasteiger partial charge is 0.275 e. The van der Waals surface area contributed by atoms with Crippen molar-refractivity contribution in [3.63, 3.8) is 0 Å². The monoisotopic (exact) mass is 371 g/mol. The normalized spacial score (nSPS) is 11.5. The van der Waals surface area contributed by atoms with Gasteiger partial charge in [-0.1, -0.05) is 24.7 Å². The number of benzene rings is 1. The molecular weight excluding hydrogens is 353 g/mol. The van der Waals surface area contributed by atoms with Crippen LogP contribution in [0.3, 0.4) is 0 Å². The zero-order valence-corrected chi connectivity index (χ0v) is 15.1. The molecule has 8 heteroatoms. The fraction of sp³-hybridized carbons (Fsp3) is 0.278. The van der Waals surface area contributed by atoms with Crippen molar-refractivity contribution in [2.24, 2.45) is 0 Å². The van der Waals surface area contributed by atoms with E-state index in [0.29, 0.717) is 16.6 Å². The number of hydrogen-bond acceptors (Lipinski definition) is 5. The number of aryl methyl sites for hydroxylation is 1. The Morgan fingerprint density at radius 1 is 1.31 bits per heavy atom. The molecule has 0 amide bonds. The molecule has 0 spiro atoms. The summed E-state index contributed by atoms with van der Waals surface area (Å²) in [7, 11) is 0. The lowest BCUT2D eigenvalue weighted by molar-refractivity contribution is 0.629. The van der Waals surface area contributed by atoms with E-state index in [4.69, 9.17) is 0 Å². The van der Waals surface area contributed by atoms with Gasteiger partial charge in [-0.15, -0.1) is 5.10 Å². The second-order valence-corrected chi connectivity index (χ2v) is 7.07. The lowest BCUT2D eigenvalue weighted by atomic mass is 10.1. The molecule has 0 saturated carbocycles. The second kappa shape index (κ2) is 6.87. The van der Waals surface area contributed by atoms with Crippen LogP contribution in [0.1, 0.15) is 24.6 Å². The van der Waals surface area contributed by atoms with Crippen molar-refractivity contribution in [3.8, 4) is 0 Å². The summed E-state index contributed by atoms with van der Waals surface area (Å²) in [5.74, 6) is -0.251. The number of halogens is 1. The van der Waals surface area contributed by atoms with Crippen LogP contribution < -0.4 is 10.9 Å². The molecule has 0 fully saturated rings. The van der Waals surface area contributed by atoms with Gasteiger partial charge in [0.1, 0.15) is 5.82 Å². The number of hydrogen-bond donors (Lipinski definition) is 2. The van der Waals surface area contributed by atoms with Crippen molar-refractivity contribution in [2.75, 3.05) is 11.9 Å². The molecule has 26 heavy (non-hydrogen) atoms. The average molecular weight is 371 g/mol. The fourth-order valence-electron chi connectivity index (χ4n) is 2.98. The largest absolute Gasteiger partial charge is 0.361 e. The highest BCUT2D eigenvalue weighted by atomic mass is 32.1. The lowest BCUT2D eigenvalue weighted by Crippen LogP contribution is -2.15. The van der Waals surface area contributed by atoms with Crippen LogP contribution in [-0.2, 0) is 12.8 Å². The van der Waals surface area contributed by atoms with E-state index in [1.807, 2.05) is 6.20 Å². The van der Waals surface area contributed by atoms with Crippen LogP contribution in [0, 0.1) is 5.82 Å². The molecule has 0 unspecified atom stereocenters. The topological polar surface area (TPSA) is 75.1 Å². The molecule has 0 aliphatic rings. The summed E-state index contributed by atoms with van der Waals surface area (Å²) in [4.78, 5) is 20.3. The third-order valence-electron chi connectivity index (χ3n) is 4.20. The van der Waals surface area contributed by atoms with Gasteiger partial charge >= 0.3 is 0 Å². The molecule has 0 atom stereocenters. The first-order valence-corrected chi connectivity index (χ1v) is 9.35. The maximum Gasteiger partial charge on any atom is 0.275 e. The van der Waals surface area contributed by atoms with Gasteiger partial charge in [-0.25, -0.2) is 9.37 Å². The standard InChI is InChI=1S/C18H18FN5OS/c1-2-3-13-9-16(25)24-18(22-13)26-17(23-24)20-7-6-11-10-21-15-8-12(19)4-5-14(11)15/h4-5,8-10,21H,2-3,6-7H2,1H3,(H,20,23). The van der Waals surface area contributed by atoms with Crippen molar-refractivity contribution in [3.05, 3.63) is 57.9 Å². The first-order chi connectivity index (χ1) is 12.6. The Labute approximate surface area is 152 Å². The van der Waals surface area contributed by atoms with Gasteiger partial charge in [-0.3, -0.25) is 4.79 Å². The molecule has 0 radical (unpaired) electrons. The minimum atomic E-state index is -0.251. The molecule has 3 aromatic heterocycles. The number of rotatable bonds is 6. The molecule has 0 bridgehead atoms. The summed E-state index contributed by atoms with van der Waals surface area (Å²) in [6, 6.07) is 6.29. The van der Waals surface area contributed by atoms with Crippen LogP contribution >= 0.6 is 11.3 Å². The Kier molecular flexibility index (Phi) is 4.42. The Hall–Kier alpha value is -2.74. The number of aromatic nitrogens is 4. The van der Waals surface area contributed by atoms with Crippen LogP contribution in [0.5, 0.6) is 0 Å². The maximum absolute atomic E-state index is 13.3. The maximum atomic E-state index is 13.3. The van der Waals surface area contributed by atoms with Gasteiger partial charge in [0.2, 0.25) is 10.1 Å². The minimum absolute atomic E-state index is 0.151. The van der Waals surface area contributed by atoms with Gasteiger partial charge in [0.25, 0.3) is 5.56 Å². The summed E-state index contributed by atoms with van der Waals surface area (Å²) < 4.78 is 14.6. The van der Waals surface area contributed by atoms with Gasteiger partial charge in [-0.2, -0.15) is 4.52 Å². The van der Waals surface area contributed by atoms with Crippen molar-refractivity contribution in [2.45, 2.75) is 26.2 Å². The van der Waals surface area contributed by atoms with E-state index >= 15 is 0 Å². The number of nitrogens with zero attached hydrogens (tertiary/aromatic N) is 3. The predicted octanol–water partition coefficient (Wildman–Crippen LogP) is 3.38. The fourth-order valence-corrected chi connectivity index (χ4v) is 3.83. The molecule has 2 N–H and O–H groups in total. The molecule has 1 aromatic carbocycles. The van der Waals surface area contributed by atoms with Crippen molar-refractivity contribution < 1.29 is 4.39 Å². The summed E-state index contributed by atoms with van der Waals surface area (Å²) in [5.41, 5.74) is 2.55. The van der Waals surface area contributed by atoms with Crippen molar-refractivity contribution >= 4 is 32.3 Å². The second-order valence-electron chi connectivity index (χ2n) is 6.12. The van der Waals surface area contributed by atoms with E-state index in [0.717, 1.165) is 41.4 Å². The summed E-state index contributed by atoms with van der Waals surface area (Å²) >= 11 is 1.37. The zero-order valence-electron chi connectivity index (χ0n) is 14.3. The van der Waals surface area contributed by atoms with Gasteiger partial charge < -0.3 is 10.3 Å². The Morgan fingerprint density at radius 2 is 2.19 bits per heavy atom. The van der Waals surface area contributed by atoms with E-state index in [1.54, 1.807) is 12.1 Å². The van der Waals surface area contributed by atoms with Gasteiger partial charge in [0.15, 0.2) is 0 Å². The Balaban J connectivity index is 1.49. The van der Waals surface area contributed by atoms with E-state index < -0.39 is 0 Å². The van der Waals surface area contributed by atoms with Gasteiger partial charge in [0.05, 0.1) is 0 Å². The number of aromatic amines is 1. The Morgan fingerprint density at radius 3 is 3.04 bits per heavy atom. The lowest BCUT2D eigenvalue weighted by Gasteiger charge is -2.01. The van der Waals surface area contributed by atoms with E-state index in [2.05, 4.69) is 27.3 Å². The number of fused-ring (bicyclic) bond motifs is 2. The molecule has 6 nitrogen and oxygen atoms in total. The number of nitrogens with one attached hydrogen (secondary N) is 2. The van der Waals surface area contributed by atoms with Crippen molar-refractivity contribution in [1.82, 2.24) is 19.6 Å². The highest BCUT2D eigenvalue weighted by molar-refractivity contribution is 7.20. The van der Waals surface area contributed by atoms with Crippen LogP contribution in [0.15, 0.2) is 35.3 Å². The molecule has 0 aliphatic carbocycles. The SMILES string of the molecule is CCCc1cc(=O)n2nc(NCCc3c[nH]c4cc(F)ccc34)sc2n1. The first kappa shape index (κ1) is 16.7. The van der Waals surface area contributed by atoms with E-state index in [1.165, 1.54) is 28.0 Å². The minimum Gasteiger partial charge on any atom is -0.361 e. The highest BCUT2D eigenvalue weighted by Crippen LogP contribution is 2.21. The molecule has 0 aliphatic heterocycles. The predicted molar refractivity (Wildman–Crippen MR) is 102 cm³/mol. The molecule has 4 rings (SSSR count). The first-order valence-electron chi connectivity index (χ1n) is 8.53. The summed E-state index contributed by atoms with van der Waals surface area (Å²) in [6.45, 7) is 2.71. The molecule has 4 aromatic rings. The molecule has 134 valence electrons. The van der Waals surface area contributed by atoms with Gasteiger partial charge in [0, 0.05) is 35.4 Å². The van der Waals surface area contributed by atoms with Crippen LogP contribution in [0.2, 0.25) is 0 Å². The van der Waals surface area contributed by atoms with E-state index in [9.17, 15) is 9.18 Å². The quantitative estimate of drug-likeness (QED) is 0.545. The highest BCUT2D eigenvalue weighted by Gasteiger charge is 2.09. The van der Waals surface area contributed by atoms with Crippen molar-refractivity contribution in [1.29, 1.82) is 0 Å². The number of H-pyrrole nitrogens is 1. The zero-order chi connectivity index (χ0) is 18.1. The van der Waals surface area contributed by atoms with Crippen LogP contribution in [0.25, 0.3) is 15.9 Å². The third-order valence-corrected chi connectivity index (χ3v) is 5.07. The van der Waals surface area contributed by atoms with Crippen LogP contribution in [0.4, 0.5) is 9.52 Å². The molecule has 0 saturated heterocycles. The summed E-state index contributed by atoms with van der Waals surface area (Å²) in [5, 5.41) is 9.22. The summed E-state index contributed by atoms with van der Waals surface area (Å²) in [6.07, 6.45) is 4.38. The van der Waals surface area contributed by atoms with Gasteiger partial charge in [-0.05, 0) is 36.6 Å². The van der Waals surface area contributed by atoms with Crippen LogP contribution in [-0.4, -0.2) is 26.1 Å². The number of anilines is 1. The third kappa shape index (κ3) is 3.20. The molecule has 3 heterocycles. The Bertz CT molecular complexity index is 1130. The molecular formula is C18H18FN5OS. The average Bonchev–Trinajstić information content (AvgIpc) is 3.19.